The minimum absolute atomic E-state index is 0.238. The van der Waals surface area contributed by atoms with Crippen molar-refractivity contribution in [2.24, 2.45) is 5.92 Å². The molecule has 0 bridgehead atoms. The molecule has 128 valence electrons. The number of carboxylic acids is 1. The molecule has 0 amide bonds. The predicted octanol–water partition coefficient (Wildman–Crippen LogP) is 2.97. The number of pyridine rings is 1. The second-order valence-corrected chi connectivity index (χ2v) is 6.35. The molecule has 0 aliphatic heterocycles. The molecule has 2 aromatic rings. The van der Waals surface area contributed by atoms with Gasteiger partial charge >= 0.3 is 5.97 Å². The maximum atomic E-state index is 12.9. The van der Waals surface area contributed by atoms with Gasteiger partial charge in [0.05, 0.1) is 12.1 Å². The Kier molecular flexibility index (Phi) is 4.82. The number of aromatic nitrogens is 1. The molecule has 0 spiro atoms. The van der Waals surface area contributed by atoms with E-state index in [1.165, 1.54) is 12.1 Å². The van der Waals surface area contributed by atoms with Crippen molar-refractivity contribution in [1.82, 2.24) is 4.98 Å². The number of carbonyl (C=O) groups is 1. The molecule has 0 radical (unpaired) electrons. The third-order valence-electron chi connectivity index (χ3n) is 4.61. The lowest BCUT2D eigenvalue weighted by molar-refractivity contribution is -0.145. The van der Waals surface area contributed by atoms with Crippen LogP contribution in [0.15, 0.2) is 48.7 Å². The van der Waals surface area contributed by atoms with Gasteiger partial charge in [-0.15, -0.1) is 0 Å². The maximum absolute atomic E-state index is 12.9. The zero-order valence-electron chi connectivity index (χ0n) is 13.5. The summed E-state index contributed by atoms with van der Waals surface area (Å²) in [5, 5.41) is 20.4. The van der Waals surface area contributed by atoms with E-state index in [-0.39, 0.29) is 18.8 Å². The Morgan fingerprint density at radius 2 is 2.00 bits per heavy atom. The molecule has 1 aromatic carbocycles. The van der Waals surface area contributed by atoms with Crippen molar-refractivity contribution in [1.29, 1.82) is 0 Å². The minimum atomic E-state index is -1.29. The minimum Gasteiger partial charge on any atom is -0.481 e. The third-order valence-corrected chi connectivity index (χ3v) is 4.61. The van der Waals surface area contributed by atoms with E-state index in [0.717, 1.165) is 11.8 Å². The van der Waals surface area contributed by atoms with Crippen molar-refractivity contribution in [3.05, 3.63) is 65.7 Å². The van der Waals surface area contributed by atoms with E-state index >= 15 is 0 Å². The Hall–Kier alpha value is -2.71. The van der Waals surface area contributed by atoms with Gasteiger partial charge in [-0.25, -0.2) is 9.37 Å². The van der Waals surface area contributed by atoms with Gasteiger partial charge in [0.25, 0.3) is 0 Å². The Bertz CT molecular complexity index is 810. The summed E-state index contributed by atoms with van der Waals surface area (Å²) in [7, 11) is 0. The first-order chi connectivity index (χ1) is 12.0. The summed E-state index contributed by atoms with van der Waals surface area (Å²) in [6.45, 7) is 0. The van der Waals surface area contributed by atoms with Crippen LogP contribution in [0.25, 0.3) is 0 Å². The highest BCUT2D eigenvalue weighted by Crippen LogP contribution is 2.42. The normalized spacial score (nSPS) is 25.7. The molecule has 3 atom stereocenters. The van der Waals surface area contributed by atoms with Crippen LogP contribution in [0.5, 0.6) is 0 Å². The third kappa shape index (κ3) is 4.04. The molecule has 1 fully saturated rings. The van der Waals surface area contributed by atoms with Gasteiger partial charge in [0.2, 0.25) is 0 Å². The quantitative estimate of drug-likeness (QED) is 0.825. The molecule has 0 saturated heterocycles. The molecule has 1 aliphatic rings. The van der Waals surface area contributed by atoms with E-state index in [0.29, 0.717) is 12.1 Å². The lowest BCUT2D eigenvalue weighted by Crippen LogP contribution is -2.39. The lowest BCUT2D eigenvalue weighted by atomic mass is 9.69. The molecular formula is C20H18FNO3. The van der Waals surface area contributed by atoms with E-state index in [2.05, 4.69) is 16.8 Å². The van der Waals surface area contributed by atoms with Crippen LogP contribution in [0.2, 0.25) is 0 Å². The second-order valence-electron chi connectivity index (χ2n) is 6.35. The molecule has 2 N–H and O–H groups in total. The molecule has 1 heterocycles. The molecule has 4 nitrogen and oxygen atoms in total. The smallest absolute Gasteiger partial charge is 0.307 e. The van der Waals surface area contributed by atoms with Crippen LogP contribution >= 0.6 is 0 Å². The number of aliphatic hydroxyl groups is 1. The first-order valence-corrected chi connectivity index (χ1v) is 8.12. The van der Waals surface area contributed by atoms with Crippen LogP contribution in [-0.4, -0.2) is 26.8 Å². The van der Waals surface area contributed by atoms with Crippen LogP contribution in [0.1, 0.15) is 36.4 Å². The molecule has 5 heteroatoms. The van der Waals surface area contributed by atoms with Crippen molar-refractivity contribution in [2.45, 2.75) is 30.8 Å². The number of benzene rings is 1. The van der Waals surface area contributed by atoms with Crippen molar-refractivity contribution < 1.29 is 19.4 Å². The van der Waals surface area contributed by atoms with Gasteiger partial charge in [0, 0.05) is 5.92 Å². The lowest BCUT2D eigenvalue weighted by Gasteiger charge is -2.37. The number of rotatable bonds is 2. The summed E-state index contributed by atoms with van der Waals surface area (Å²) >= 11 is 0. The molecule has 1 aliphatic carbocycles. The van der Waals surface area contributed by atoms with Gasteiger partial charge in [0.15, 0.2) is 0 Å². The Balaban J connectivity index is 1.86. The van der Waals surface area contributed by atoms with Crippen LogP contribution in [0.3, 0.4) is 0 Å². The number of hydrogen-bond donors (Lipinski definition) is 2. The Morgan fingerprint density at radius 1 is 1.24 bits per heavy atom. The average Bonchev–Trinajstić information content (AvgIpc) is 2.62. The number of nitrogens with zero attached hydrogens (tertiary/aromatic N) is 1. The first-order valence-electron chi connectivity index (χ1n) is 8.12. The van der Waals surface area contributed by atoms with E-state index in [9.17, 15) is 19.4 Å². The van der Waals surface area contributed by atoms with Crippen LogP contribution in [0, 0.1) is 23.6 Å². The van der Waals surface area contributed by atoms with Crippen molar-refractivity contribution in [3.63, 3.8) is 0 Å². The number of carboxylic acid groups (broad SMARTS) is 1. The van der Waals surface area contributed by atoms with Gasteiger partial charge in [-0.3, -0.25) is 4.79 Å². The van der Waals surface area contributed by atoms with Crippen molar-refractivity contribution >= 4 is 5.97 Å². The largest absolute Gasteiger partial charge is 0.481 e. The summed E-state index contributed by atoms with van der Waals surface area (Å²) in [6, 6.07) is 12.0. The van der Waals surface area contributed by atoms with E-state index in [1.807, 2.05) is 30.3 Å². The second kappa shape index (κ2) is 7.04. The highest BCUT2D eigenvalue weighted by Gasteiger charge is 2.42. The van der Waals surface area contributed by atoms with Gasteiger partial charge in [-0.1, -0.05) is 36.3 Å². The molecule has 1 aromatic heterocycles. The SMILES string of the molecule is O=C(O)[C@@H]1CCC(O)(C#Cc2ccc(F)cn2)C[C@H]1c1ccccc1. The summed E-state index contributed by atoms with van der Waals surface area (Å²) in [5.74, 6) is 3.43. The molecule has 1 saturated carbocycles. The molecular weight excluding hydrogens is 321 g/mol. The summed E-state index contributed by atoms with van der Waals surface area (Å²) < 4.78 is 12.9. The van der Waals surface area contributed by atoms with Crippen molar-refractivity contribution in [3.8, 4) is 11.8 Å². The van der Waals surface area contributed by atoms with E-state index in [4.69, 9.17) is 0 Å². The average molecular weight is 339 g/mol. The maximum Gasteiger partial charge on any atom is 0.307 e. The fraction of sp³-hybridized carbons (Fsp3) is 0.300. The predicted molar refractivity (Wildman–Crippen MR) is 90.2 cm³/mol. The summed E-state index contributed by atoms with van der Waals surface area (Å²) in [6.07, 6.45) is 1.93. The molecule has 3 rings (SSSR count). The van der Waals surface area contributed by atoms with Gasteiger partial charge in [-0.2, -0.15) is 0 Å². The van der Waals surface area contributed by atoms with Gasteiger partial charge in [0.1, 0.15) is 17.1 Å². The zero-order chi connectivity index (χ0) is 17.9. The van der Waals surface area contributed by atoms with Crippen LogP contribution < -0.4 is 0 Å². The number of aliphatic carboxylic acids is 1. The number of halogens is 1. The van der Waals surface area contributed by atoms with Gasteiger partial charge in [-0.05, 0) is 42.9 Å². The molecule has 25 heavy (non-hydrogen) atoms. The highest BCUT2D eigenvalue weighted by atomic mass is 19.1. The van der Waals surface area contributed by atoms with Crippen LogP contribution in [0.4, 0.5) is 4.39 Å². The highest BCUT2D eigenvalue weighted by molar-refractivity contribution is 5.71. The monoisotopic (exact) mass is 339 g/mol. The zero-order valence-corrected chi connectivity index (χ0v) is 13.5. The Labute approximate surface area is 145 Å². The Morgan fingerprint density at radius 3 is 2.64 bits per heavy atom. The fourth-order valence-corrected chi connectivity index (χ4v) is 3.29. The van der Waals surface area contributed by atoms with Crippen molar-refractivity contribution in [2.75, 3.05) is 0 Å². The van der Waals surface area contributed by atoms with Crippen LogP contribution in [-0.2, 0) is 4.79 Å². The summed E-state index contributed by atoms with van der Waals surface area (Å²) in [4.78, 5) is 15.5. The van der Waals surface area contributed by atoms with E-state index in [1.54, 1.807) is 0 Å². The first kappa shape index (κ1) is 17.1. The fourth-order valence-electron chi connectivity index (χ4n) is 3.29. The van der Waals surface area contributed by atoms with Gasteiger partial charge < -0.3 is 10.2 Å². The molecule has 1 unspecified atom stereocenters. The van der Waals surface area contributed by atoms with E-state index < -0.39 is 23.3 Å². The number of hydrogen-bond acceptors (Lipinski definition) is 3. The summed E-state index contributed by atoms with van der Waals surface area (Å²) in [5.41, 5.74) is -0.0381. The topological polar surface area (TPSA) is 70.4 Å². The standard InChI is InChI=1S/C20H18FNO3/c21-15-6-7-16(22-13-15)8-10-20(25)11-9-17(19(23)24)18(12-20)14-4-2-1-3-5-14/h1-7,13,17-18,25H,9,11-12H2,(H,23,24)/t17-,18+,20?/m1/s1.